The maximum absolute atomic E-state index is 12.3. The molecule has 4 rings (SSSR count). The number of aromatic nitrogens is 2. The molecule has 0 radical (unpaired) electrons. The molecule has 0 N–H and O–H groups in total. The van der Waals surface area contributed by atoms with Gasteiger partial charge in [0.25, 0.3) is 5.22 Å². The van der Waals surface area contributed by atoms with E-state index in [0.717, 1.165) is 21.9 Å². The van der Waals surface area contributed by atoms with Crippen molar-refractivity contribution in [2.24, 2.45) is 0 Å². The zero-order valence-electron chi connectivity index (χ0n) is 15.6. The van der Waals surface area contributed by atoms with Gasteiger partial charge in [0.15, 0.2) is 9.84 Å². The Bertz CT molecular complexity index is 1280. The predicted octanol–water partition coefficient (Wildman–Crippen LogP) is 5.28. The van der Waals surface area contributed by atoms with Gasteiger partial charge in [-0.05, 0) is 42.0 Å². The molecular formula is C22H18N2O3S2. The molecule has 1 aromatic heterocycles. The Morgan fingerprint density at radius 1 is 0.966 bits per heavy atom. The Labute approximate surface area is 173 Å². The Morgan fingerprint density at radius 3 is 2.52 bits per heavy atom. The van der Waals surface area contributed by atoms with Gasteiger partial charge >= 0.3 is 0 Å². The van der Waals surface area contributed by atoms with E-state index >= 15 is 0 Å². The van der Waals surface area contributed by atoms with Crippen molar-refractivity contribution in [3.05, 3.63) is 83.8 Å². The third kappa shape index (κ3) is 4.58. The second-order valence-electron chi connectivity index (χ2n) is 6.48. The first-order valence-electron chi connectivity index (χ1n) is 8.95. The normalized spacial score (nSPS) is 12.0. The Balaban J connectivity index is 1.41. The smallest absolute Gasteiger partial charge is 0.277 e. The highest BCUT2D eigenvalue weighted by Gasteiger charge is 2.11. The van der Waals surface area contributed by atoms with Crippen molar-refractivity contribution < 1.29 is 12.8 Å². The van der Waals surface area contributed by atoms with E-state index in [1.54, 1.807) is 30.3 Å². The van der Waals surface area contributed by atoms with Crippen molar-refractivity contribution in [1.29, 1.82) is 0 Å². The topological polar surface area (TPSA) is 73.1 Å². The molecule has 0 bridgehead atoms. The number of fused-ring (bicyclic) bond motifs is 1. The van der Waals surface area contributed by atoms with Crippen LogP contribution in [0.4, 0.5) is 0 Å². The lowest BCUT2D eigenvalue weighted by atomic mass is 10.1. The average molecular weight is 423 g/mol. The second-order valence-corrected chi connectivity index (χ2v) is 9.28. The van der Waals surface area contributed by atoms with Gasteiger partial charge in [-0.3, -0.25) is 0 Å². The highest BCUT2D eigenvalue weighted by atomic mass is 32.2. The molecule has 0 amide bonds. The van der Waals surface area contributed by atoms with Gasteiger partial charge in [0.05, 0.1) is 4.90 Å². The minimum atomic E-state index is -3.45. The summed E-state index contributed by atoms with van der Waals surface area (Å²) in [6, 6.07) is 20.8. The van der Waals surface area contributed by atoms with Gasteiger partial charge in [0.2, 0.25) is 5.89 Å². The van der Waals surface area contributed by atoms with Crippen LogP contribution in [0.15, 0.2) is 92.7 Å². The van der Waals surface area contributed by atoms with E-state index in [-0.39, 0.29) is 4.90 Å². The summed E-state index contributed by atoms with van der Waals surface area (Å²) >= 11 is 1.29. The number of aryl methyl sites for hydroxylation is 1. The first-order valence-corrected chi connectivity index (χ1v) is 11.5. The van der Waals surface area contributed by atoms with Gasteiger partial charge in [-0.15, -0.1) is 10.2 Å². The minimum Gasteiger partial charge on any atom is -0.411 e. The first-order chi connectivity index (χ1) is 14.0. The summed E-state index contributed by atoms with van der Waals surface area (Å²) in [6.45, 7) is 1.92. The van der Waals surface area contributed by atoms with Crippen LogP contribution in [-0.4, -0.2) is 24.4 Å². The Kier molecular flexibility index (Phi) is 5.51. The molecule has 5 nitrogen and oxygen atoms in total. The maximum Gasteiger partial charge on any atom is 0.277 e. The molecule has 4 aromatic rings. The van der Waals surface area contributed by atoms with Crippen LogP contribution in [0, 0.1) is 6.92 Å². The van der Waals surface area contributed by atoms with Gasteiger partial charge < -0.3 is 4.42 Å². The van der Waals surface area contributed by atoms with Crippen LogP contribution < -0.4 is 0 Å². The van der Waals surface area contributed by atoms with E-state index < -0.39 is 9.84 Å². The van der Waals surface area contributed by atoms with E-state index in [4.69, 9.17) is 4.42 Å². The molecule has 0 aliphatic rings. The Morgan fingerprint density at radius 2 is 1.72 bits per heavy atom. The molecule has 0 saturated heterocycles. The van der Waals surface area contributed by atoms with E-state index in [9.17, 15) is 8.42 Å². The van der Waals surface area contributed by atoms with Crippen molar-refractivity contribution in [3.63, 3.8) is 0 Å². The summed E-state index contributed by atoms with van der Waals surface area (Å²) in [5, 5.41) is 12.0. The average Bonchev–Trinajstić information content (AvgIpc) is 3.20. The predicted molar refractivity (Wildman–Crippen MR) is 115 cm³/mol. The zero-order valence-corrected chi connectivity index (χ0v) is 17.3. The first kappa shape index (κ1) is 19.4. The molecule has 0 aliphatic heterocycles. The van der Waals surface area contributed by atoms with Crippen LogP contribution in [0.25, 0.3) is 22.2 Å². The van der Waals surface area contributed by atoms with Crippen LogP contribution in [-0.2, 0) is 9.84 Å². The van der Waals surface area contributed by atoms with Gasteiger partial charge in [-0.2, -0.15) is 0 Å². The van der Waals surface area contributed by atoms with Crippen LogP contribution >= 0.6 is 11.8 Å². The fraction of sp³-hybridized carbons (Fsp3) is 0.0909. The zero-order chi connectivity index (χ0) is 20.3. The molecule has 0 aliphatic carbocycles. The second kappa shape index (κ2) is 8.23. The summed E-state index contributed by atoms with van der Waals surface area (Å²) in [5.41, 5.74) is 1.86. The third-order valence-corrected chi connectivity index (χ3v) is 6.58. The Hall–Kier alpha value is -2.90. The molecule has 29 heavy (non-hydrogen) atoms. The fourth-order valence-corrected chi connectivity index (χ4v) is 4.51. The molecule has 0 atom stereocenters. The lowest BCUT2D eigenvalue weighted by molar-refractivity contribution is 0.466. The van der Waals surface area contributed by atoms with Crippen LogP contribution in [0.5, 0.6) is 0 Å². The molecule has 3 aromatic carbocycles. The van der Waals surface area contributed by atoms with E-state index in [2.05, 4.69) is 10.2 Å². The standard InChI is InChI=1S/C22H18N2O3S2/c1-16-7-11-20(12-8-16)29(25,26)14-4-13-28-22-24-23-21(27-22)19-10-9-17-5-2-3-6-18(17)15-19/h2-12,14-15H,13H2,1H3/b14-4+. The molecule has 1 heterocycles. The van der Waals surface area contributed by atoms with E-state index in [0.29, 0.717) is 16.9 Å². The van der Waals surface area contributed by atoms with E-state index in [1.807, 2.05) is 49.4 Å². The molecule has 0 unspecified atom stereocenters. The quantitative estimate of drug-likeness (QED) is 0.394. The minimum absolute atomic E-state index is 0.278. The number of thioether (sulfide) groups is 1. The molecule has 0 saturated carbocycles. The van der Waals surface area contributed by atoms with Crippen LogP contribution in [0.2, 0.25) is 0 Å². The van der Waals surface area contributed by atoms with Crippen LogP contribution in [0.1, 0.15) is 5.56 Å². The van der Waals surface area contributed by atoms with Crippen molar-refractivity contribution in [2.45, 2.75) is 17.0 Å². The van der Waals surface area contributed by atoms with Gasteiger partial charge in [0, 0.05) is 16.7 Å². The fourth-order valence-electron chi connectivity index (χ4n) is 2.80. The largest absolute Gasteiger partial charge is 0.411 e. The van der Waals surface area contributed by atoms with Crippen molar-refractivity contribution in [3.8, 4) is 11.5 Å². The number of benzene rings is 3. The van der Waals surface area contributed by atoms with Crippen molar-refractivity contribution >= 4 is 32.4 Å². The SMILES string of the molecule is Cc1ccc(S(=O)(=O)/C=C/CSc2nnc(-c3ccc4ccccc4c3)o2)cc1. The summed E-state index contributed by atoms with van der Waals surface area (Å²) in [7, 11) is -3.45. The number of sulfone groups is 1. The lowest BCUT2D eigenvalue weighted by Gasteiger charge is -1.99. The van der Waals surface area contributed by atoms with Gasteiger partial charge in [-0.1, -0.05) is 65.9 Å². The van der Waals surface area contributed by atoms with Crippen LogP contribution in [0.3, 0.4) is 0 Å². The van der Waals surface area contributed by atoms with Crippen molar-refractivity contribution in [1.82, 2.24) is 10.2 Å². The van der Waals surface area contributed by atoms with Crippen molar-refractivity contribution in [2.75, 3.05) is 5.75 Å². The lowest BCUT2D eigenvalue weighted by Crippen LogP contribution is -1.96. The molecule has 0 spiro atoms. The molecule has 146 valence electrons. The number of hydrogen-bond donors (Lipinski definition) is 0. The summed E-state index contributed by atoms with van der Waals surface area (Å²) in [5.74, 6) is 0.847. The van der Waals surface area contributed by atoms with Gasteiger partial charge in [0.1, 0.15) is 0 Å². The van der Waals surface area contributed by atoms with E-state index in [1.165, 1.54) is 17.2 Å². The summed E-state index contributed by atoms with van der Waals surface area (Å²) < 4.78 is 30.3. The monoisotopic (exact) mass is 422 g/mol. The number of nitrogens with zero attached hydrogens (tertiary/aromatic N) is 2. The molecule has 7 heteroatoms. The molecular weight excluding hydrogens is 404 g/mol. The third-order valence-electron chi connectivity index (χ3n) is 4.33. The maximum atomic E-state index is 12.3. The molecule has 0 fully saturated rings. The van der Waals surface area contributed by atoms with Gasteiger partial charge in [-0.25, -0.2) is 8.42 Å². The summed E-state index contributed by atoms with van der Waals surface area (Å²) in [4.78, 5) is 0.278. The highest BCUT2D eigenvalue weighted by Crippen LogP contribution is 2.26. The highest BCUT2D eigenvalue weighted by molar-refractivity contribution is 7.99. The number of rotatable bonds is 6. The number of hydrogen-bond acceptors (Lipinski definition) is 6. The summed E-state index contributed by atoms with van der Waals surface area (Å²) in [6.07, 6.45) is 1.58.